The van der Waals surface area contributed by atoms with Gasteiger partial charge in [-0.3, -0.25) is 0 Å². The molecular weight excluding hydrogens is 797 g/mol. The molecule has 0 atom stereocenters. The smallest absolute Gasteiger partial charge is 0.0623 e. The molecule has 0 spiro atoms. The summed E-state index contributed by atoms with van der Waals surface area (Å²) in [5.41, 5.74) is 23.7. The van der Waals surface area contributed by atoms with E-state index in [2.05, 4.69) is 235 Å². The first-order valence-electron chi connectivity index (χ1n) is 23.3. The average Bonchev–Trinajstić information content (AvgIpc) is 3.81. The normalized spacial score (nSPS) is 15.3. The summed E-state index contributed by atoms with van der Waals surface area (Å²) in [6, 6.07) is 74.5. The van der Waals surface area contributed by atoms with Gasteiger partial charge in [-0.1, -0.05) is 211 Å². The van der Waals surface area contributed by atoms with Crippen molar-refractivity contribution in [1.29, 1.82) is 0 Å². The van der Waals surface area contributed by atoms with Gasteiger partial charge in [0.25, 0.3) is 0 Å². The van der Waals surface area contributed by atoms with Crippen LogP contribution < -0.4 is 10.4 Å². The molecule has 0 aromatic heterocycles. The van der Waals surface area contributed by atoms with Crippen LogP contribution in [-0.4, -0.2) is 8.07 Å². The molecule has 0 saturated heterocycles. The lowest BCUT2D eigenvalue weighted by molar-refractivity contribution is 0.660. The van der Waals surface area contributed by atoms with E-state index >= 15 is 0 Å². The van der Waals surface area contributed by atoms with Gasteiger partial charge in [-0.05, 0) is 156 Å². The molecule has 1 aliphatic heterocycles. The Balaban J connectivity index is 1.13. The quantitative estimate of drug-likeness (QED) is 0.122. The van der Waals surface area contributed by atoms with Crippen molar-refractivity contribution in [3.63, 3.8) is 0 Å². The third-order valence-electron chi connectivity index (χ3n) is 15.9. The van der Waals surface area contributed by atoms with Crippen molar-refractivity contribution >= 4 is 40.0 Å². The van der Waals surface area contributed by atoms with Gasteiger partial charge in [-0.2, -0.15) is 0 Å². The topological polar surface area (TPSA) is 0 Å². The zero-order chi connectivity index (χ0) is 44.0. The zero-order valence-electron chi connectivity index (χ0n) is 38.0. The van der Waals surface area contributed by atoms with E-state index in [4.69, 9.17) is 0 Å². The predicted octanol–water partition coefficient (Wildman–Crippen LogP) is 16.1. The first-order chi connectivity index (χ1) is 31.5. The van der Waals surface area contributed by atoms with Crippen LogP contribution in [0.5, 0.6) is 0 Å². The van der Waals surface area contributed by atoms with Crippen LogP contribution in [0.3, 0.4) is 0 Å². The van der Waals surface area contributed by atoms with Crippen LogP contribution in [0.4, 0.5) is 0 Å². The summed E-state index contributed by atoms with van der Waals surface area (Å²) in [7, 11) is -2.04. The molecule has 1 heterocycles. The van der Waals surface area contributed by atoms with E-state index in [-0.39, 0.29) is 10.8 Å². The summed E-state index contributed by atoms with van der Waals surface area (Å²) < 4.78 is 0. The second-order valence-corrected chi connectivity index (χ2v) is 24.8. The minimum Gasteiger partial charge on any atom is -0.0623 e. The average molecular weight is 847 g/mol. The molecule has 0 amide bonds. The molecule has 0 saturated carbocycles. The summed E-state index contributed by atoms with van der Waals surface area (Å²) in [6.45, 7) is 14.7. The molecule has 310 valence electrons. The van der Waals surface area contributed by atoms with Gasteiger partial charge in [-0.15, -0.1) is 0 Å². The van der Waals surface area contributed by atoms with Crippen LogP contribution >= 0.6 is 0 Å². The molecular formula is C64H50Si. The Bertz CT molecular complexity index is 3660. The van der Waals surface area contributed by atoms with E-state index in [1.807, 2.05) is 0 Å². The van der Waals surface area contributed by atoms with E-state index < -0.39 is 8.07 Å². The van der Waals surface area contributed by atoms with Crippen molar-refractivity contribution in [2.24, 2.45) is 0 Å². The van der Waals surface area contributed by atoms with Crippen LogP contribution in [0.25, 0.3) is 99.4 Å². The molecule has 0 radical (unpaired) electrons. The Labute approximate surface area is 383 Å². The molecule has 13 rings (SSSR count). The highest BCUT2D eigenvalue weighted by atomic mass is 28.3. The molecule has 0 nitrogen and oxygen atoms in total. The van der Waals surface area contributed by atoms with E-state index in [1.54, 1.807) is 0 Å². The van der Waals surface area contributed by atoms with Gasteiger partial charge in [0.15, 0.2) is 0 Å². The lowest BCUT2D eigenvalue weighted by Crippen LogP contribution is -2.49. The third-order valence-corrected chi connectivity index (χ3v) is 19.4. The lowest BCUT2D eigenvalue weighted by Gasteiger charge is -2.25. The van der Waals surface area contributed by atoms with Crippen LogP contribution in [0.1, 0.15) is 49.9 Å². The fraction of sp³-hybridized carbons (Fsp3) is 0.125. The number of fused-ring (bicyclic) bond motifs is 11. The Morgan fingerprint density at radius 2 is 0.708 bits per heavy atom. The SMILES string of the molecule is CC1(C)c2ccccc2-c2ccc(-c3c4ccc(-c5ccc(-c6ccccc6)cc5)cc4c(-c4ccc5c(c4)C(C)(C)c4ccccc4-5)c4cc5c(cc34)-c3ccccc3[Si]5(C)C)cc21. The van der Waals surface area contributed by atoms with E-state index in [9.17, 15) is 0 Å². The number of benzene rings is 10. The lowest BCUT2D eigenvalue weighted by atomic mass is 9.79. The van der Waals surface area contributed by atoms with Crippen LogP contribution in [0.15, 0.2) is 194 Å². The van der Waals surface area contributed by atoms with Gasteiger partial charge >= 0.3 is 0 Å². The Morgan fingerprint density at radius 1 is 0.277 bits per heavy atom. The van der Waals surface area contributed by atoms with E-state index in [1.165, 1.54) is 132 Å². The molecule has 65 heavy (non-hydrogen) atoms. The zero-order valence-corrected chi connectivity index (χ0v) is 39.0. The maximum Gasteiger partial charge on any atom is 0.113 e. The van der Waals surface area contributed by atoms with Crippen molar-refractivity contribution in [3.8, 4) is 77.9 Å². The van der Waals surface area contributed by atoms with E-state index in [0.29, 0.717) is 0 Å². The molecule has 10 aromatic rings. The fourth-order valence-corrected chi connectivity index (χ4v) is 15.5. The summed E-state index contributed by atoms with van der Waals surface area (Å²) in [5.74, 6) is 0. The fourth-order valence-electron chi connectivity index (χ4n) is 12.4. The predicted molar refractivity (Wildman–Crippen MR) is 281 cm³/mol. The first kappa shape index (κ1) is 38.4. The third kappa shape index (κ3) is 5.37. The largest absolute Gasteiger partial charge is 0.113 e. The van der Waals surface area contributed by atoms with Gasteiger partial charge in [0.05, 0.1) is 0 Å². The molecule has 3 aliphatic rings. The van der Waals surface area contributed by atoms with Gasteiger partial charge in [0.2, 0.25) is 0 Å². The van der Waals surface area contributed by atoms with Crippen molar-refractivity contribution < 1.29 is 0 Å². The summed E-state index contributed by atoms with van der Waals surface area (Å²) >= 11 is 0. The molecule has 0 bridgehead atoms. The van der Waals surface area contributed by atoms with Crippen molar-refractivity contribution in [1.82, 2.24) is 0 Å². The van der Waals surface area contributed by atoms with Gasteiger partial charge in [0.1, 0.15) is 8.07 Å². The first-order valence-corrected chi connectivity index (χ1v) is 26.3. The highest BCUT2D eigenvalue weighted by Crippen LogP contribution is 2.54. The highest BCUT2D eigenvalue weighted by Gasteiger charge is 2.40. The van der Waals surface area contributed by atoms with Gasteiger partial charge in [-0.25, -0.2) is 0 Å². The van der Waals surface area contributed by atoms with Crippen molar-refractivity contribution in [3.05, 3.63) is 216 Å². The summed E-state index contributed by atoms with van der Waals surface area (Å²) in [5, 5.41) is 8.31. The molecule has 0 N–H and O–H groups in total. The number of hydrogen-bond donors (Lipinski definition) is 0. The minimum absolute atomic E-state index is 0.114. The molecule has 1 heteroatoms. The maximum absolute atomic E-state index is 2.65. The number of rotatable bonds is 4. The number of hydrogen-bond acceptors (Lipinski definition) is 0. The standard InChI is InChI=1S/C64H50Si/c1-63(2)55-21-13-10-18-45(55)47-31-29-43(35-57(47)63)61-50-33-28-42(41-26-24-40(25-27-41)39-16-8-7-9-17-39)34-52(50)62(44-30-32-48-46-19-11-14-22-56(46)64(3,4)58(48)36-44)54-38-60-51(37-53(54)61)49-20-12-15-23-59(49)65(60,5)6/h7-38H,1-6H3. The summed E-state index contributed by atoms with van der Waals surface area (Å²) in [4.78, 5) is 0. The maximum atomic E-state index is 2.65. The second-order valence-electron chi connectivity index (χ2n) is 20.4. The molecule has 2 aliphatic carbocycles. The molecule has 10 aromatic carbocycles. The molecule has 0 unspecified atom stereocenters. The van der Waals surface area contributed by atoms with E-state index in [0.717, 1.165) is 0 Å². The Morgan fingerprint density at radius 3 is 1.32 bits per heavy atom. The van der Waals surface area contributed by atoms with Crippen LogP contribution in [0, 0.1) is 0 Å². The summed E-state index contributed by atoms with van der Waals surface area (Å²) in [6.07, 6.45) is 0. The second kappa shape index (κ2) is 13.5. The van der Waals surface area contributed by atoms with Gasteiger partial charge < -0.3 is 0 Å². The van der Waals surface area contributed by atoms with Crippen LogP contribution in [-0.2, 0) is 10.8 Å². The highest BCUT2D eigenvalue weighted by molar-refractivity contribution is 7.04. The van der Waals surface area contributed by atoms with Crippen molar-refractivity contribution in [2.45, 2.75) is 51.6 Å². The minimum atomic E-state index is -2.04. The monoisotopic (exact) mass is 846 g/mol. The van der Waals surface area contributed by atoms with Gasteiger partial charge in [0, 0.05) is 10.8 Å². The van der Waals surface area contributed by atoms with Crippen molar-refractivity contribution in [2.75, 3.05) is 0 Å². The Kier molecular flexibility index (Phi) is 7.97. The Hall–Kier alpha value is -7.06. The van der Waals surface area contributed by atoms with Crippen LogP contribution in [0.2, 0.25) is 13.1 Å². The molecule has 0 fully saturated rings.